The number of carbonyl (C=O) groups excluding carboxylic acids is 1. The minimum absolute atomic E-state index is 0. The zero-order valence-electron chi connectivity index (χ0n) is 17.6. The van der Waals surface area contributed by atoms with E-state index in [9.17, 15) is 4.79 Å². The van der Waals surface area contributed by atoms with E-state index in [0.717, 1.165) is 41.6 Å². The van der Waals surface area contributed by atoms with Gasteiger partial charge in [0.25, 0.3) is 5.91 Å². The molecule has 8 nitrogen and oxygen atoms in total. The molecule has 0 saturated heterocycles. The number of aliphatic imine (C=N–C) groups is 1. The van der Waals surface area contributed by atoms with Gasteiger partial charge in [-0.1, -0.05) is 6.07 Å². The maximum absolute atomic E-state index is 12.0. The Bertz CT molecular complexity index is 868. The molecule has 1 aromatic carbocycles. The highest BCUT2D eigenvalue weighted by molar-refractivity contribution is 14.0. The summed E-state index contributed by atoms with van der Waals surface area (Å²) in [6.07, 6.45) is 2.26. The van der Waals surface area contributed by atoms with Gasteiger partial charge in [-0.25, -0.2) is 0 Å². The van der Waals surface area contributed by atoms with E-state index in [0.29, 0.717) is 25.4 Å². The molecule has 0 aliphatic carbocycles. The van der Waals surface area contributed by atoms with E-state index in [2.05, 4.69) is 20.5 Å². The second-order valence-corrected chi connectivity index (χ2v) is 6.82. The van der Waals surface area contributed by atoms with E-state index in [-0.39, 0.29) is 36.7 Å². The van der Waals surface area contributed by atoms with E-state index in [1.54, 1.807) is 6.07 Å². The van der Waals surface area contributed by atoms with Crippen LogP contribution in [0.15, 0.2) is 39.9 Å². The third-order valence-electron chi connectivity index (χ3n) is 4.50. The van der Waals surface area contributed by atoms with Crippen LogP contribution in [0.25, 0.3) is 0 Å². The lowest BCUT2D eigenvalue weighted by molar-refractivity contribution is 0.0925. The number of nitrogens with zero attached hydrogens (tertiary/aromatic N) is 2. The van der Waals surface area contributed by atoms with Crippen molar-refractivity contribution < 1.29 is 18.7 Å². The fourth-order valence-corrected chi connectivity index (χ4v) is 3.01. The Hall–Kier alpha value is -2.43. The van der Waals surface area contributed by atoms with Gasteiger partial charge in [-0.05, 0) is 44.0 Å². The minimum atomic E-state index is -0.191. The molecule has 1 amide bonds. The SMILES string of the molecule is CCNC(=NCCCNC(=O)c1occc1C)N(C)Cc1ccc2c(c1)OCO2.I. The van der Waals surface area contributed by atoms with Gasteiger partial charge in [0, 0.05) is 38.8 Å². The average Bonchev–Trinajstić information content (AvgIpc) is 3.34. The monoisotopic (exact) mass is 528 g/mol. The standard InChI is InChI=1S/C21H28N4O4.HI/c1-4-22-21(24-10-5-9-23-20(26)19-15(2)8-11-27-19)25(3)13-16-6-7-17-18(12-16)29-14-28-17;/h6-8,11-12H,4-5,9-10,13-14H2,1-3H3,(H,22,24)(H,23,26);1H. The molecule has 0 saturated carbocycles. The Morgan fingerprint density at radius 2 is 2.00 bits per heavy atom. The van der Waals surface area contributed by atoms with Crippen LogP contribution in [0, 0.1) is 6.92 Å². The minimum Gasteiger partial charge on any atom is -0.459 e. The van der Waals surface area contributed by atoms with Gasteiger partial charge in [-0.3, -0.25) is 9.79 Å². The summed E-state index contributed by atoms with van der Waals surface area (Å²) in [5, 5.41) is 6.16. The number of hydrogen-bond donors (Lipinski definition) is 2. The number of carbonyl (C=O) groups is 1. The molecule has 0 fully saturated rings. The second kappa shape index (κ2) is 11.7. The van der Waals surface area contributed by atoms with Crippen molar-refractivity contribution in [2.75, 3.05) is 33.5 Å². The first-order chi connectivity index (χ1) is 14.1. The van der Waals surface area contributed by atoms with Crippen molar-refractivity contribution in [3.05, 3.63) is 47.4 Å². The molecule has 0 unspecified atom stereocenters. The molecule has 1 aromatic heterocycles. The third-order valence-corrected chi connectivity index (χ3v) is 4.50. The van der Waals surface area contributed by atoms with Gasteiger partial charge in [-0.15, -0.1) is 24.0 Å². The van der Waals surface area contributed by atoms with Gasteiger partial charge in [0.15, 0.2) is 23.2 Å². The fraction of sp³-hybridized carbons (Fsp3) is 0.429. The predicted molar refractivity (Wildman–Crippen MR) is 126 cm³/mol. The molecule has 30 heavy (non-hydrogen) atoms. The number of hydrogen-bond acceptors (Lipinski definition) is 5. The van der Waals surface area contributed by atoms with Crippen molar-refractivity contribution in [3.63, 3.8) is 0 Å². The molecule has 2 heterocycles. The average molecular weight is 528 g/mol. The highest BCUT2D eigenvalue weighted by Gasteiger charge is 2.15. The van der Waals surface area contributed by atoms with Crippen molar-refractivity contribution >= 4 is 35.8 Å². The highest BCUT2D eigenvalue weighted by Crippen LogP contribution is 2.32. The topological polar surface area (TPSA) is 88.3 Å². The zero-order chi connectivity index (χ0) is 20.6. The number of ether oxygens (including phenoxy) is 2. The predicted octanol–water partition coefficient (Wildman–Crippen LogP) is 3.15. The van der Waals surface area contributed by atoms with Crippen LogP contribution in [-0.2, 0) is 6.54 Å². The van der Waals surface area contributed by atoms with E-state index in [1.165, 1.54) is 6.26 Å². The van der Waals surface area contributed by atoms with Crippen LogP contribution >= 0.6 is 24.0 Å². The molecule has 0 bridgehead atoms. The Balaban J connectivity index is 0.00000320. The summed E-state index contributed by atoms with van der Waals surface area (Å²) in [4.78, 5) is 18.8. The summed E-state index contributed by atoms with van der Waals surface area (Å²) in [6, 6.07) is 7.73. The zero-order valence-corrected chi connectivity index (χ0v) is 19.9. The van der Waals surface area contributed by atoms with E-state index in [1.807, 2.05) is 39.1 Å². The van der Waals surface area contributed by atoms with E-state index < -0.39 is 0 Å². The molecule has 0 atom stereocenters. The lowest BCUT2D eigenvalue weighted by atomic mass is 10.2. The van der Waals surface area contributed by atoms with Gasteiger partial charge in [0.2, 0.25) is 6.79 Å². The third kappa shape index (κ3) is 6.28. The number of aryl methyl sites for hydroxylation is 1. The largest absolute Gasteiger partial charge is 0.459 e. The van der Waals surface area contributed by atoms with Gasteiger partial charge in [0.1, 0.15) is 0 Å². The number of halogens is 1. The number of furan rings is 1. The van der Waals surface area contributed by atoms with Crippen LogP contribution < -0.4 is 20.1 Å². The molecule has 9 heteroatoms. The molecule has 164 valence electrons. The van der Waals surface area contributed by atoms with Gasteiger partial charge in [0.05, 0.1) is 6.26 Å². The van der Waals surface area contributed by atoms with Gasteiger partial charge in [-0.2, -0.15) is 0 Å². The number of fused-ring (bicyclic) bond motifs is 1. The number of benzene rings is 1. The Kier molecular flexibility index (Phi) is 9.28. The molecular formula is C21H29IN4O4. The van der Waals surface area contributed by atoms with E-state index >= 15 is 0 Å². The van der Waals surface area contributed by atoms with Crippen molar-refractivity contribution in [1.82, 2.24) is 15.5 Å². The van der Waals surface area contributed by atoms with Crippen molar-refractivity contribution in [3.8, 4) is 11.5 Å². The van der Waals surface area contributed by atoms with Crippen LogP contribution in [0.5, 0.6) is 11.5 Å². The first kappa shape index (κ1) is 23.8. The molecule has 1 aliphatic rings. The smallest absolute Gasteiger partial charge is 0.287 e. The normalized spacial score (nSPS) is 12.3. The first-order valence-electron chi connectivity index (χ1n) is 9.78. The van der Waals surface area contributed by atoms with Crippen molar-refractivity contribution in [2.45, 2.75) is 26.8 Å². The summed E-state index contributed by atoms with van der Waals surface area (Å²) >= 11 is 0. The maximum Gasteiger partial charge on any atom is 0.287 e. The summed E-state index contributed by atoms with van der Waals surface area (Å²) in [6.45, 7) is 6.76. The van der Waals surface area contributed by atoms with Gasteiger partial charge < -0.3 is 29.4 Å². The van der Waals surface area contributed by atoms with E-state index in [4.69, 9.17) is 13.9 Å². The lowest BCUT2D eigenvalue weighted by Crippen LogP contribution is -2.38. The van der Waals surface area contributed by atoms with Gasteiger partial charge >= 0.3 is 0 Å². The Morgan fingerprint density at radius 1 is 1.20 bits per heavy atom. The molecule has 0 spiro atoms. The Morgan fingerprint density at radius 3 is 2.73 bits per heavy atom. The number of nitrogens with one attached hydrogen (secondary N) is 2. The van der Waals surface area contributed by atoms with Crippen LogP contribution in [0.4, 0.5) is 0 Å². The molecular weight excluding hydrogens is 499 g/mol. The van der Waals surface area contributed by atoms with Crippen molar-refractivity contribution in [1.29, 1.82) is 0 Å². The summed E-state index contributed by atoms with van der Waals surface area (Å²) < 4.78 is 16.0. The first-order valence-corrected chi connectivity index (χ1v) is 9.78. The Labute approximate surface area is 194 Å². The number of rotatable bonds is 8. The maximum atomic E-state index is 12.0. The van der Waals surface area contributed by atoms with Crippen molar-refractivity contribution in [2.24, 2.45) is 4.99 Å². The summed E-state index contributed by atoms with van der Waals surface area (Å²) in [7, 11) is 1.99. The lowest BCUT2D eigenvalue weighted by Gasteiger charge is -2.22. The highest BCUT2D eigenvalue weighted by atomic mass is 127. The quantitative estimate of drug-likeness (QED) is 0.237. The fourth-order valence-electron chi connectivity index (χ4n) is 3.01. The number of guanidine groups is 1. The molecule has 2 N–H and O–H groups in total. The molecule has 3 rings (SSSR count). The number of amides is 1. The van der Waals surface area contributed by atoms with Crippen LogP contribution in [-0.4, -0.2) is 50.2 Å². The molecule has 2 aromatic rings. The van der Waals surface area contributed by atoms with Crippen LogP contribution in [0.3, 0.4) is 0 Å². The van der Waals surface area contributed by atoms with Crippen LogP contribution in [0.2, 0.25) is 0 Å². The molecule has 0 radical (unpaired) electrons. The molecule has 1 aliphatic heterocycles. The van der Waals surface area contributed by atoms with Crippen LogP contribution in [0.1, 0.15) is 35.0 Å². The summed E-state index contributed by atoms with van der Waals surface area (Å²) in [5.74, 6) is 2.55. The second-order valence-electron chi connectivity index (χ2n) is 6.82. The summed E-state index contributed by atoms with van der Waals surface area (Å²) in [5.41, 5.74) is 1.95.